The topological polar surface area (TPSA) is 50.4 Å². The molecule has 0 spiro atoms. The third kappa shape index (κ3) is 5.18. The smallest absolute Gasteiger partial charge is 0.243 e. The van der Waals surface area contributed by atoms with Crippen molar-refractivity contribution >= 4 is 28.9 Å². The van der Waals surface area contributed by atoms with Gasteiger partial charge in [-0.2, -0.15) is 0 Å². The highest BCUT2D eigenvalue weighted by Crippen LogP contribution is 2.25. The first-order valence-electron chi connectivity index (χ1n) is 7.51. The molecule has 5 heteroatoms. The SMILES string of the molecule is Cc1ccc(Cl)cc1NC(=O)CNc1ccccc1OC(C)C. The summed E-state index contributed by atoms with van der Waals surface area (Å²) in [5.41, 5.74) is 2.47. The van der Waals surface area contributed by atoms with Gasteiger partial charge in [-0.15, -0.1) is 0 Å². The first-order chi connectivity index (χ1) is 11.0. The lowest BCUT2D eigenvalue weighted by Gasteiger charge is -2.15. The number of para-hydroxylation sites is 2. The minimum absolute atomic E-state index is 0.0703. The van der Waals surface area contributed by atoms with E-state index in [1.165, 1.54) is 0 Å². The Hall–Kier alpha value is -2.20. The quantitative estimate of drug-likeness (QED) is 0.819. The van der Waals surface area contributed by atoms with Gasteiger partial charge in [0.05, 0.1) is 18.3 Å². The fourth-order valence-corrected chi connectivity index (χ4v) is 2.24. The van der Waals surface area contributed by atoms with Gasteiger partial charge in [0.25, 0.3) is 0 Å². The highest BCUT2D eigenvalue weighted by molar-refractivity contribution is 6.31. The lowest BCUT2D eigenvalue weighted by molar-refractivity contribution is -0.114. The number of hydrogen-bond donors (Lipinski definition) is 2. The number of aryl methyl sites for hydroxylation is 1. The normalized spacial score (nSPS) is 10.5. The Morgan fingerprint density at radius 1 is 1.17 bits per heavy atom. The first-order valence-corrected chi connectivity index (χ1v) is 7.89. The summed E-state index contributed by atoms with van der Waals surface area (Å²) >= 11 is 5.96. The Labute approximate surface area is 141 Å². The van der Waals surface area contributed by atoms with Crippen molar-refractivity contribution in [3.8, 4) is 5.75 Å². The monoisotopic (exact) mass is 332 g/mol. The van der Waals surface area contributed by atoms with E-state index < -0.39 is 0 Å². The third-order valence-corrected chi connectivity index (χ3v) is 3.40. The van der Waals surface area contributed by atoms with Crippen LogP contribution >= 0.6 is 11.6 Å². The highest BCUT2D eigenvalue weighted by Gasteiger charge is 2.08. The fraction of sp³-hybridized carbons (Fsp3) is 0.278. The second kappa shape index (κ2) is 7.88. The molecule has 2 aromatic rings. The standard InChI is InChI=1S/C18H21ClN2O2/c1-12(2)23-17-7-5-4-6-15(17)20-11-18(22)21-16-10-14(19)9-8-13(16)3/h4-10,12,20H,11H2,1-3H3,(H,21,22). The number of anilines is 2. The molecule has 0 atom stereocenters. The lowest BCUT2D eigenvalue weighted by atomic mass is 10.2. The molecule has 2 rings (SSSR count). The van der Waals surface area contributed by atoms with Crippen LogP contribution in [0.1, 0.15) is 19.4 Å². The zero-order valence-electron chi connectivity index (χ0n) is 13.5. The number of carbonyl (C=O) groups is 1. The number of halogens is 1. The minimum atomic E-state index is -0.144. The van der Waals surface area contributed by atoms with Gasteiger partial charge >= 0.3 is 0 Å². The molecule has 1 amide bonds. The van der Waals surface area contributed by atoms with Gasteiger partial charge in [0.15, 0.2) is 0 Å². The van der Waals surface area contributed by atoms with Crippen LogP contribution in [0.25, 0.3) is 0 Å². The van der Waals surface area contributed by atoms with Crippen LogP contribution in [0.15, 0.2) is 42.5 Å². The van der Waals surface area contributed by atoms with Crippen molar-refractivity contribution in [2.24, 2.45) is 0 Å². The molecule has 0 saturated carbocycles. The van der Waals surface area contributed by atoms with Gasteiger partial charge in [-0.3, -0.25) is 4.79 Å². The second-order valence-corrected chi connectivity index (χ2v) is 5.96. The number of carbonyl (C=O) groups excluding carboxylic acids is 1. The van der Waals surface area contributed by atoms with Gasteiger partial charge in [-0.05, 0) is 50.6 Å². The molecule has 0 aliphatic carbocycles. The number of hydrogen-bond acceptors (Lipinski definition) is 3. The molecule has 0 aliphatic rings. The molecular weight excluding hydrogens is 312 g/mol. The molecule has 122 valence electrons. The van der Waals surface area contributed by atoms with E-state index in [2.05, 4.69) is 10.6 Å². The lowest BCUT2D eigenvalue weighted by Crippen LogP contribution is -2.22. The number of ether oxygens (including phenoxy) is 1. The van der Waals surface area contributed by atoms with Crippen molar-refractivity contribution in [3.63, 3.8) is 0 Å². The van der Waals surface area contributed by atoms with Crippen LogP contribution < -0.4 is 15.4 Å². The molecule has 23 heavy (non-hydrogen) atoms. The molecule has 2 aromatic carbocycles. The van der Waals surface area contributed by atoms with E-state index in [-0.39, 0.29) is 18.6 Å². The summed E-state index contributed by atoms with van der Waals surface area (Å²) in [7, 11) is 0. The van der Waals surface area contributed by atoms with E-state index in [0.29, 0.717) is 5.02 Å². The number of amides is 1. The van der Waals surface area contributed by atoms with Crippen LogP contribution in [0, 0.1) is 6.92 Å². The number of benzene rings is 2. The van der Waals surface area contributed by atoms with Crippen LogP contribution in [0.2, 0.25) is 5.02 Å². The molecule has 0 heterocycles. The molecule has 4 nitrogen and oxygen atoms in total. The molecule has 0 radical (unpaired) electrons. The zero-order chi connectivity index (χ0) is 16.8. The number of nitrogens with one attached hydrogen (secondary N) is 2. The summed E-state index contributed by atoms with van der Waals surface area (Å²) in [6.07, 6.45) is 0.0703. The van der Waals surface area contributed by atoms with Crippen LogP contribution in [0.5, 0.6) is 5.75 Å². The van der Waals surface area contributed by atoms with Crippen LogP contribution in [0.3, 0.4) is 0 Å². The Balaban J connectivity index is 1.98. The predicted molar refractivity (Wildman–Crippen MR) is 95.5 cm³/mol. The molecule has 2 N–H and O–H groups in total. The van der Waals surface area contributed by atoms with Gasteiger partial charge < -0.3 is 15.4 Å². The summed E-state index contributed by atoms with van der Waals surface area (Å²) in [5, 5.41) is 6.55. The molecule has 0 bridgehead atoms. The molecule has 0 unspecified atom stereocenters. The van der Waals surface area contributed by atoms with E-state index in [9.17, 15) is 4.79 Å². The Morgan fingerprint density at radius 2 is 1.91 bits per heavy atom. The van der Waals surface area contributed by atoms with Crippen molar-refractivity contribution < 1.29 is 9.53 Å². The zero-order valence-corrected chi connectivity index (χ0v) is 14.3. The van der Waals surface area contributed by atoms with Gasteiger partial charge in [-0.1, -0.05) is 29.8 Å². The minimum Gasteiger partial charge on any atom is -0.489 e. The molecular formula is C18H21ClN2O2. The molecule has 0 fully saturated rings. The summed E-state index contributed by atoms with van der Waals surface area (Å²) < 4.78 is 5.72. The van der Waals surface area contributed by atoms with Crippen molar-refractivity contribution in [2.75, 3.05) is 17.2 Å². The average Bonchev–Trinajstić information content (AvgIpc) is 2.49. The maximum absolute atomic E-state index is 12.1. The molecule has 0 aromatic heterocycles. The summed E-state index contributed by atoms with van der Waals surface area (Å²) in [6.45, 7) is 5.99. The maximum atomic E-state index is 12.1. The Bertz CT molecular complexity index is 686. The Kier molecular flexibility index (Phi) is 5.88. The summed E-state index contributed by atoms with van der Waals surface area (Å²) in [6, 6.07) is 13.0. The van der Waals surface area contributed by atoms with E-state index in [1.807, 2.05) is 51.1 Å². The van der Waals surface area contributed by atoms with Gasteiger partial charge in [0, 0.05) is 10.7 Å². The van der Waals surface area contributed by atoms with E-state index in [4.69, 9.17) is 16.3 Å². The summed E-state index contributed by atoms with van der Waals surface area (Å²) in [5.74, 6) is 0.587. The summed E-state index contributed by atoms with van der Waals surface area (Å²) in [4.78, 5) is 12.1. The maximum Gasteiger partial charge on any atom is 0.243 e. The predicted octanol–water partition coefficient (Wildman–Crippen LogP) is 4.49. The average molecular weight is 333 g/mol. The first kappa shape index (κ1) is 17.2. The van der Waals surface area contributed by atoms with E-state index >= 15 is 0 Å². The van der Waals surface area contributed by atoms with Crippen molar-refractivity contribution in [1.82, 2.24) is 0 Å². The van der Waals surface area contributed by atoms with Gasteiger partial charge in [0.2, 0.25) is 5.91 Å². The van der Waals surface area contributed by atoms with Crippen LogP contribution in [-0.2, 0) is 4.79 Å². The largest absolute Gasteiger partial charge is 0.489 e. The second-order valence-electron chi connectivity index (χ2n) is 5.52. The van der Waals surface area contributed by atoms with Gasteiger partial charge in [-0.25, -0.2) is 0 Å². The van der Waals surface area contributed by atoms with Crippen molar-refractivity contribution in [1.29, 1.82) is 0 Å². The van der Waals surface area contributed by atoms with Crippen LogP contribution in [0.4, 0.5) is 11.4 Å². The molecule has 0 saturated heterocycles. The highest BCUT2D eigenvalue weighted by atomic mass is 35.5. The Morgan fingerprint density at radius 3 is 2.65 bits per heavy atom. The fourth-order valence-electron chi connectivity index (χ4n) is 2.07. The van der Waals surface area contributed by atoms with Crippen LogP contribution in [-0.4, -0.2) is 18.6 Å². The van der Waals surface area contributed by atoms with Gasteiger partial charge in [0.1, 0.15) is 5.75 Å². The number of rotatable bonds is 6. The van der Waals surface area contributed by atoms with E-state index in [0.717, 1.165) is 22.7 Å². The third-order valence-electron chi connectivity index (χ3n) is 3.16. The van der Waals surface area contributed by atoms with E-state index in [1.54, 1.807) is 12.1 Å². The van der Waals surface area contributed by atoms with Crippen molar-refractivity contribution in [2.45, 2.75) is 26.9 Å². The van der Waals surface area contributed by atoms with Crippen molar-refractivity contribution in [3.05, 3.63) is 53.1 Å². The molecule has 0 aliphatic heterocycles.